The van der Waals surface area contributed by atoms with Crippen molar-refractivity contribution in [1.29, 1.82) is 0 Å². The van der Waals surface area contributed by atoms with E-state index in [1.807, 2.05) is 0 Å². The number of hydrogen-bond acceptors (Lipinski definition) is 0. The molecule has 608 valence electrons. The highest BCUT2D eigenvalue weighted by Gasteiger charge is 2.47. The molecular weight excluding hydrogens is 1180 g/mol. The first-order valence-corrected chi connectivity index (χ1v) is 43.7. The monoisotopic (exact) mass is 1390 g/mol. The molecule has 0 bridgehead atoms. The van der Waals surface area contributed by atoms with E-state index in [0.717, 1.165) is 195 Å². The lowest BCUT2D eigenvalue weighted by Gasteiger charge is -2.33. The van der Waals surface area contributed by atoms with Crippen molar-refractivity contribution in [3.8, 4) is 0 Å². The highest BCUT2D eigenvalue weighted by molar-refractivity contribution is 4.97. The van der Waals surface area contributed by atoms with Crippen molar-refractivity contribution < 1.29 is 0 Å². The van der Waals surface area contributed by atoms with Crippen LogP contribution in [0.2, 0.25) is 0 Å². The standard InChI is InChI=1S/C10H20.C10H22.C9H18.5C9H20.2C8H18.C7H16.CH4/c1-7(2)10(8(3)4)9-5-6-9;1-7(2)10(8(3)4)9(5)6;1-7(2)9(5-6-9)8(3)4;1-7(2)9(5,6)8(3)4;4*1-6-9(7(2)3)8(4)5;2*1-6(2)8(5)7(3)4;1-6(2)5-7(3)4;/h7-10H,5-6H2,1-4H3;7-10H,1-6H3;7-8H,5-6H2,1-4H3;7-8H,1-6H3;4*7-9H,6H2,1-5H3;2*6-8H,1-5H3;6-7H,5H2,1-4H3;1H4. The molecule has 2 saturated carbocycles. The van der Waals surface area contributed by atoms with Gasteiger partial charge in [0, 0.05) is 0 Å². The van der Waals surface area contributed by atoms with Gasteiger partial charge in [0.25, 0.3) is 0 Å². The van der Waals surface area contributed by atoms with Crippen molar-refractivity contribution in [3.63, 3.8) is 0 Å². The fourth-order valence-electron chi connectivity index (χ4n) is 16.6. The molecule has 0 unspecified atom stereocenters. The zero-order chi connectivity index (χ0) is 79.8. The highest BCUT2D eigenvalue weighted by Crippen LogP contribution is 2.57. The van der Waals surface area contributed by atoms with Gasteiger partial charge in [0.2, 0.25) is 0 Å². The first kappa shape index (κ1) is 119. The van der Waals surface area contributed by atoms with E-state index in [9.17, 15) is 0 Å². The summed E-state index contributed by atoms with van der Waals surface area (Å²) in [5.41, 5.74) is 1.25. The highest BCUT2D eigenvalue weighted by atomic mass is 14.5. The van der Waals surface area contributed by atoms with Crippen LogP contribution >= 0.6 is 0 Å². The Kier molecular flexibility index (Phi) is 79.3. The molecule has 0 aromatic carbocycles. The van der Waals surface area contributed by atoms with E-state index in [2.05, 4.69) is 374 Å². The van der Waals surface area contributed by atoms with Crippen LogP contribution in [0.4, 0.5) is 0 Å². The lowest BCUT2D eigenvalue weighted by atomic mass is 9.72. The van der Waals surface area contributed by atoms with E-state index in [4.69, 9.17) is 0 Å². The van der Waals surface area contributed by atoms with Crippen LogP contribution in [0.15, 0.2) is 0 Å². The minimum absolute atomic E-state index is 0. The Bertz CT molecular complexity index is 1310. The average molecular weight is 1390 g/mol. The largest absolute Gasteiger partial charge is 0.0776 e. The predicted molar refractivity (Wildman–Crippen MR) is 471 cm³/mol. The Morgan fingerprint density at radius 1 is 0.265 bits per heavy atom. The topological polar surface area (TPSA) is 0 Å². The summed E-state index contributed by atoms with van der Waals surface area (Å²) >= 11 is 0. The van der Waals surface area contributed by atoms with Gasteiger partial charge in [-0.2, -0.15) is 0 Å². The second-order valence-corrected chi connectivity index (χ2v) is 40.8. The summed E-state index contributed by atoms with van der Waals surface area (Å²) < 4.78 is 0. The van der Waals surface area contributed by atoms with Gasteiger partial charge in [-0.25, -0.2) is 0 Å². The van der Waals surface area contributed by atoms with E-state index >= 15 is 0 Å². The summed E-state index contributed by atoms with van der Waals surface area (Å²) in [7, 11) is 0. The molecule has 0 spiro atoms. The molecule has 0 amide bonds. The van der Waals surface area contributed by atoms with Gasteiger partial charge < -0.3 is 0 Å². The van der Waals surface area contributed by atoms with E-state index in [-0.39, 0.29) is 7.43 Å². The average Bonchev–Trinajstić information content (AvgIpc) is 4.36. The van der Waals surface area contributed by atoms with Crippen LogP contribution < -0.4 is 0 Å². The third-order valence-corrected chi connectivity index (χ3v) is 25.0. The maximum absolute atomic E-state index is 2.36. The predicted octanol–water partition coefficient (Wildman–Crippen LogP) is 35.8. The fraction of sp³-hybridized carbons (Fsp3) is 1.00. The van der Waals surface area contributed by atoms with Crippen molar-refractivity contribution in [2.45, 2.75) is 439 Å². The number of hydrogen-bond donors (Lipinski definition) is 0. The molecule has 0 atom stereocenters. The molecule has 2 rings (SSSR count). The molecule has 0 N–H and O–H groups in total. The van der Waals surface area contributed by atoms with Crippen molar-refractivity contribution >= 4 is 0 Å². The lowest BCUT2D eigenvalue weighted by Crippen LogP contribution is -2.25. The van der Waals surface area contributed by atoms with Crippen LogP contribution in [0.3, 0.4) is 0 Å². The van der Waals surface area contributed by atoms with E-state index in [0.29, 0.717) is 5.41 Å². The lowest BCUT2D eigenvalue weighted by molar-refractivity contribution is 0.165. The zero-order valence-electron chi connectivity index (χ0n) is 79.8. The van der Waals surface area contributed by atoms with Gasteiger partial charge in [-0.1, -0.05) is 407 Å². The van der Waals surface area contributed by atoms with Crippen molar-refractivity contribution in [1.82, 2.24) is 0 Å². The summed E-state index contributed by atoms with van der Waals surface area (Å²) in [4.78, 5) is 0. The molecule has 0 heterocycles. The Labute approximate surface area is 635 Å². The SMILES string of the molecule is C.CC(C)C(C(C)C)C(C)C.CC(C)C(C(C)C)C1CC1.CC(C)C(C)(C)C(C)C.CC(C)C(C)C(C)C.CC(C)C(C)C(C)C.CC(C)C1(C(C)C)CC1.CC(C)CC(C)C.CCC(C(C)C)C(C)C.CCC(C(C)C)C(C)C.CCC(C(C)C)C(C)C.CCC(C(C)C)C(C)C. The maximum atomic E-state index is 2.36. The van der Waals surface area contributed by atoms with E-state index in [1.165, 1.54) is 57.8 Å². The van der Waals surface area contributed by atoms with Gasteiger partial charge >= 0.3 is 0 Å². The summed E-state index contributed by atoms with van der Waals surface area (Å²) in [6.45, 7) is 125. The maximum Gasteiger partial charge on any atom is -0.0251 e. The summed E-state index contributed by atoms with van der Waals surface area (Å²) in [5, 5.41) is 0. The Hall–Kier alpha value is 0. The molecule has 0 heteroatoms. The molecule has 0 radical (unpaired) electrons. The van der Waals surface area contributed by atoms with Gasteiger partial charge in [-0.3, -0.25) is 0 Å². The van der Waals surface area contributed by atoms with Crippen LogP contribution in [0.25, 0.3) is 0 Å². The van der Waals surface area contributed by atoms with Crippen LogP contribution in [-0.4, -0.2) is 0 Å². The van der Waals surface area contributed by atoms with Crippen LogP contribution in [0.1, 0.15) is 439 Å². The van der Waals surface area contributed by atoms with Gasteiger partial charge in [-0.05, 0) is 232 Å². The zero-order valence-corrected chi connectivity index (χ0v) is 79.8. The van der Waals surface area contributed by atoms with Crippen molar-refractivity contribution in [3.05, 3.63) is 0 Å². The first-order valence-electron chi connectivity index (χ1n) is 43.7. The third kappa shape index (κ3) is 64.4. The minimum atomic E-state index is 0. The van der Waals surface area contributed by atoms with Gasteiger partial charge in [0.05, 0.1) is 0 Å². The van der Waals surface area contributed by atoms with Crippen LogP contribution in [0.5, 0.6) is 0 Å². The summed E-state index contributed by atoms with van der Waals surface area (Å²) in [5.74, 6) is 28.0. The second-order valence-electron chi connectivity index (χ2n) is 40.8. The smallest absolute Gasteiger partial charge is 0.0251 e. The molecule has 0 nitrogen and oxygen atoms in total. The second kappa shape index (κ2) is 65.3. The Morgan fingerprint density at radius 2 is 0.449 bits per heavy atom. The van der Waals surface area contributed by atoms with Crippen molar-refractivity contribution in [2.75, 3.05) is 0 Å². The van der Waals surface area contributed by atoms with Gasteiger partial charge in [0.15, 0.2) is 0 Å². The first-order chi connectivity index (χ1) is 43.7. The third-order valence-electron chi connectivity index (χ3n) is 25.0. The Morgan fingerprint density at radius 3 is 0.459 bits per heavy atom. The van der Waals surface area contributed by atoms with E-state index in [1.54, 1.807) is 0 Å². The van der Waals surface area contributed by atoms with Gasteiger partial charge in [0.1, 0.15) is 0 Å². The summed E-state index contributed by atoms with van der Waals surface area (Å²) in [6.07, 6.45) is 12.6. The number of rotatable bonds is 28. The minimum Gasteiger partial charge on any atom is -0.0776 e. The van der Waals surface area contributed by atoms with Crippen LogP contribution in [0, 0.1) is 200 Å². The van der Waals surface area contributed by atoms with Gasteiger partial charge in [-0.15, -0.1) is 0 Å². The summed E-state index contributed by atoms with van der Waals surface area (Å²) in [6, 6.07) is 0. The molecule has 0 aromatic rings. The molecule has 98 heavy (non-hydrogen) atoms. The fourth-order valence-corrected chi connectivity index (χ4v) is 16.6. The van der Waals surface area contributed by atoms with E-state index < -0.39 is 0 Å². The molecule has 0 aromatic heterocycles. The molecular formula is C98H216. The quantitative estimate of drug-likeness (QED) is 0.0732. The van der Waals surface area contributed by atoms with Crippen LogP contribution in [-0.2, 0) is 0 Å². The normalized spacial score (nSPS) is 13.8. The molecule has 2 aliphatic carbocycles. The molecule has 2 aliphatic rings. The molecule has 2 fully saturated rings. The van der Waals surface area contributed by atoms with Crippen molar-refractivity contribution in [2.24, 2.45) is 200 Å². The molecule has 0 saturated heterocycles. The molecule has 0 aliphatic heterocycles. The Balaban J connectivity index is -0.000000109.